The number of benzene rings is 1. The fourth-order valence-corrected chi connectivity index (χ4v) is 5.53. The standard InChI is InChI=1S/C15H15BrN2O3S2/c1-8-5-11-14(12(19)6-8)22-15(17-11)18-23(20,21)13-4-3-10(16)7-9(13)2/h3-4,7-8H,5-6H2,1-2H3,(H,17,18). The van der Waals surface area contributed by atoms with E-state index in [1.807, 2.05) is 6.92 Å². The van der Waals surface area contributed by atoms with Gasteiger partial charge in [-0.3, -0.25) is 9.52 Å². The molecule has 0 saturated carbocycles. The minimum Gasteiger partial charge on any atom is -0.293 e. The Morgan fingerprint density at radius 3 is 2.78 bits per heavy atom. The van der Waals surface area contributed by atoms with Gasteiger partial charge in [-0.15, -0.1) is 0 Å². The second-order valence-electron chi connectivity index (χ2n) is 5.75. The quantitative estimate of drug-likeness (QED) is 0.828. The molecule has 2 aromatic rings. The lowest BCUT2D eigenvalue weighted by Gasteiger charge is -2.14. The van der Waals surface area contributed by atoms with Crippen LogP contribution >= 0.6 is 27.3 Å². The van der Waals surface area contributed by atoms with Gasteiger partial charge >= 0.3 is 0 Å². The van der Waals surface area contributed by atoms with E-state index in [2.05, 4.69) is 25.6 Å². The highest BCUT2D eigenvalue weighted by molar-refractivity contribution is 9.10. The first-order chi connectivity index (χ1) is 10.8. The van der Waals surface area contributed by atoms with Crippen LogP contribution in [0.3, 0.4) is 0 Å². The molecule has 23 heavy (non-hydrogen) atoms. The number of hydrogen-bond donors (Lipinski definition) is 1. The van der Waals surface area contributed by atoms with Gasteiger partial charge in [0, 0.05) is 10.9 Å². The molecule has 0 saturated heterocycles. The minimum absolute atomic E-state index is 0.0431. The number of aryl methyl sites for hydroxylation is 1. The summed E-state index contributed by atoms with van der Waals surface area (Å²) < 4.78 is 28.4. The average molecular weight is 415 g/mol. The third-order valence-electron chi connectivity index (χ3n) is 3.67. The lowest BCUT2D eigenvalue weighted by Crippen LogP contribution is -2.16. The predicted octanol–water partition coefficient (Wildman–Crippen LogP) is 3.78. The van der Waals surface area contributed by atoms with Crippen molar-refractivity contribution in [1.29, 1.82) is 0 Å². The zero-order valence-electron chi connectivity index (χ0n) is 12.6. The number of carbonyl (C=O) groups is 1. The number of fused-ring (bicyclic) bond motifs is 1. The second kappa shape index (κ2) is 5.99. The molecule has 1 aromatic carbocycles. The van der Waals surface area contributed by atoms with Crippen molar-refractivity contribution >= 4 is 48.2 Å². The van der Waals surface area contributed by atoms with E-state index in [1.54, 1.807) is 25.1 Å². The highest BCUT2D eigenvalue weighted by atomic mass is 79.9. The van der Waals surface area contributed by atoms with E-state index in [-0.39, 0.29) is 21.7 Å². The largest absolute Gasteiger partial charge is 0.293 e. The molecule has 0 radical (unpaired) electrons. The molecular formula is C15H15BrN2O3S2. The van der Waals surface area contributed by atoms with E-state index in [9.17, 15) is 13.2 Å². The number of anilines is 1. The molecule has 1 aliphatic rings. The molecule has 1 atom stereocenters. The summed E-state index contributed by atoms with van der Waals surface area (Å²) in [6.45, 7) is 3.73. The predicted molar refractivity (Wildman–Crippen MR) is 93.6 cm³/mol. The van der Waals surface area contributed by atoms with E-state index < -0.39 is 10.0 Å². The van der Waals surface area contributed by atoms with Gasteiger partial charge < -0.3 is 0 Å². The monoisotopic (exact) mass is 414 g/mol. The van der Waals surface area contributed by atoms with Crippen LogP contribution in [0.5, 0.6) is 0 Å². The van der Waals surface area contributed by atoms with Crippen LogP contribution in [0.25, 0.3) is 0 Å². The summed E-state index contributed by atoms with van der Waals surface area (Å²) >= 11 is 4.43. The van der Waals surface area contributed by atoms with Crippen LogP contribution in [-0.4, -0.2) is 19.2 Å². The van der Waals surface area contributed by atoms with Crippen LogP contribution in [0.15, 0.2) is 27.6 Å². The van der Waals surface area contributed by atoms with Gasteiger partial charge in [0.05, 0.1) is 15.5 Å². The molecule has 1 aromatic heterocycles. The number of sulfonamides is 1. The molecule has 1 aliphatic carbocycles. The first-order valence-electron chi connectivity index (χ1n) is 7.08. The Labute approximate surface area is 147 Å². The summed E-state index contributed by atoms with van der Waals surface area (Å²) in [5.41, 5.74) is 1.34. The van der Waals surface area contributed by atoms with Crippen molar-refractivity contribution in [2.24, 2.45) is 5.92 Å². The first-order valence-corrected chi connectivity index (χ1v) is 10.2. The molecule has 1 heterocycles. The molecule has 0 spiro atoms. The van der Waals surface area contributed by atoms with E-state index >= 15 is 0 Å². The number of nitrogens with one attached hydrogen (secondary N) is 1. The molecule has 0 amide bonds. The molecule has 5 nitrogen and oxygen atoms in total. The van der Waals surface area contributed by atoms with E-state index in [1.165, 1.54) is 0 Å². The number of hydrogen-bond acceptors (Lipinski definition) is 5. The normalized spacial score (nSPS) is 17.9. The van der Waals surface area contributed by atoms with Gasteiger partial charge in [-0.2, -0.15) is 0 Å². The maximum Gasteiger partial charge on any atom is 0.263 e. The number of ketones is 1. The topological polar surface area (TPSA) is 76.1 Å². The number of nitrogens with zero attached hydrogens (tertiary/aromatic N) is 1. The van der Waals surface area contributed by atoms with Gasteiger partial charge in [0.2, 0.25) is 0 Å². The summed E-state index contributed by atoms with van der Waals surface area (Å²) in [4.78, 5) is 17.1. The Bertz CT molecular complexity index is 890. The number of aromatic nitrogens is 1. The average Bonchev–Trinajstić information content (AvgIpc) is 2.79. The smallest absolute Gasteiger partial charge is 0.263 e. The second-order valence-corrected chi connectivity index (χ2v) is 9.31. The Morgan fingerprint density at radius 1 is 1.35 bits per heavy atom. The lowest BCUT2D eigenvalue weighted by molar-refractivity contribution is 0.0957. The third-order valence-corrected chi connectivity index (χ3v) is 6.85. The summed E-state index contributed by atoms with van der Waals surface area (Å²) in [6, 6.07) is 4.97. The Morgan fingerprint density at radius 2 is 2.09 bits per heavy atom. The zero-order chi connectivity index (χ0) is 16.8. The van der Waals surface area contributed by atoms with Gasteiger partial charge in [0.25, 0.3) is 10.0 Å². The van der Waals surface area contributed by atoms with Gasteiger partial charge in [-0.05, 0) is 43.0 Å². The lowest BCUT2D eigenvalue weighted by atomic mass is 9.92. The molecular weight excluding hydrogens is 400 g/mol. The van der Waals surface area contributed by atoms with Crippen molar-refractivity contribution in [3.05, 3.63) is 38.8 Å². The molecule has 122 valence electrons. The number of thiazole rings is 1. The Hall–Kier alpha value is -1.25. The summed E-state index contributed by atoms with van der Waals surface area (Å²) in [5, 5.41) is 0.250. The van der Waals surface area contributed by atoms with Crippen LogP contribution in [0.4, 0.5) is 5.13 Å². The number of rotatable bonds is 3. The van der Waals surface area contributed by atoms with Crippen LogP contribution in [0.1, 0.15) is 34.3 Å². The SMILES string of the molecule is Cc1cc(Br)ccc1S(=O)(=O)Nc1nc2c(s1)C(=O)CC(C)C2. The fourth-order valence-electron chi connectivity index (χ4n) is 2.65. The highest BCUT2D eigenvalue weighted by Crippen LogP contribution is 2.33. The van der Waals surface area contributed by atoms with E-state index in [0.717, 1.165) is 15.8 Å². The summed E-state index contributed by atoms with van der Waals surface area (Å²) in [5.74, 6) is 0.289. The van der Waals surface area contributed by atoms with Gasteiger partial charge in [0.1, 0.15) is 0 Å². The molecule has 3 rings (SSSR count). The summed E-state index contributed by atoms with van der Waals surface area (Å²) in [7, 11) is -3.73. The molecule has 1 N–H and O–H groups in total. The van der Waals surface area contributed by atoms with Crippen molar-refractivity contribution in [2.45, 2.75) is 31.6 Å². The molecule has 0 bridgehead atoms. The highest BCUT2D eigenvalue weighted by Gasteiger charge is 2.28. The maximum atomic E-state index is 12.5. The van der Waals surface area contributed by atoms with Crippen LogP contribution < -0.4 is 4.72 Å². The van der Waals surface area contributed by atoms with Crippen LogP contribution in [-0.2, 0) is 16.4 Å². The fraction of sp³-hybridized carbons (Fsp3) is 0.333. The molecule has 8 heteroatoms. The van der Waals surface area contributed by atoms with E-state index in [0.29, 0.717) is 29.0 Å². The van der Waals surface area contributed by atoms with Crippen LogP contribution in [0.2, 0.25) is 0 Å². The molecule has 0 aliphatic heterocycles. The Kier molecular flexibility index (Phi) is 4.33. The number of halogens is 1. The number of Topliss-reactive ketones (excluding diaryl/α,β-unsaturated/α-hetero) is 1. The van der Waals surface area contributed by atoms with Crippen LogP contribution in [0, 0.1) is 12.8 Å². The van der Waals surface area contributed by atoms with Crippen molar-refractivity contribution in [3.8, 4) is 0 Å². The first kappa shape index (κ1) is 16.6. The van der Waals surface area contributed by atoms with Crippen molar-refractivity contribution in [1.82, 2.24) is 4.98 Å². The maximum absolute atomic E-state index is 12.5. The van der Waals surface area contributed by atoms with Crippen molar-refractivity contribution in [2.75, 3.05) is 4.72 Å². The van der Waals surface area contributed by atoms with Gasteiger partial charge in [-0.25, -0.2) is 13.4 Å². The molecule has 1 unspecified atom stereocenters. The van der Waals surface area contributed by atoms with Crippen molar-refractivity contribution in [3.63, 3.8) is 0 Å². The van der Waals surface area contributed by atoms with E-state index in [4.69, 9.17) is 0 Å². The zero-order valence-corrected chi connectivity index (χ0v) is 15.8. The summed E-state index contributed by atoms with van der Waals surface area (Å²) in [6.07, 6.45) is 1.20. The van der Waals surface area contributed by atoms with Crippen molar-refractivity contribution < 1.29 is 13.2 Å². The minimum atomic E-state index is -3.73. The van der Waals surface area contributed by atoms with Gasteiger partial charge in [0.15, 0.2) is 10.9 Å². The Balaban J connectivity index is 1.93. The van der Waals surface area contributed by atoms with Gasteiger partial charge in [-0.1, -0.05) is 34.2 Å². The molecule has 0 fully saturated rings. The number of carbonyl (C=O) groups excluding carboxylic acids is 1. The third kappa shape index (κ3) is 3.34.